The number of hydrogen-bond acceptors (Lipinski definition) is 6. The van der Waals surface area contributed by atoms with Crippen LogP contribution in [0.2, 0.25) is 5.15 Å². The lowest BCUT2D eigenvalue weighted by Gasteiger charge is -2.40. The van der Waals surface area contributed by atoms with Crippen LogP contribution in [0, 0.1) is 5.92 Å². The maximum absolute atomic E-state index is 12.4. The number of unbranched alkanes of at least 4 members (excludes halogenated alkanes) is 1. The van der Waals surface area contributed by atoms with Crippen molar-refractivity contribution in [3.8, 4) is 0 Å². The first-order valence-corrected chi connectivity index (χ1v) is 12.1. The summed E-state index contributed by atoms with van der Waals surface area (Å²) < 4.78 is 0. The van der Waals surface area contributed by atoms with Gasteiger partial charge in [0.1, 0.15) is 11.0 Å². The molecule has 2 rings (SSSR count). The summed E-state index contributed by atoms with van der Waals surface area (Å²) in [6, 6.07) is 1.86. The lowest BCUT2D eigenvalue weighted by atomic mass is 10.1. The second kappa shape index (κ2) is 12.3. The maximum atomic E-state index is 12.4. The van der Waals surface area contributed by atoms with Gasteiger partial charge in [-0.1, -0.05) is 50.6 Å². The molecule has 7 nitrogen and oxygen atoms in total. The zero-order valence-corrected chi connectivity index (χ0v) is 20.1. The quantitative estimate of drug-likeness (QED) is 0.330. The van der Waals surface area contributed by atoms with Crippen LogP contribution in [-0.4, -0.2) is 64.7 Å². The van der Waals surface area contributed by atoms with Gasteiger partial charge in [-0.3, -0.25) is 9.59 Å². The predicted molar refractivity (Wildman–Crippen MR) is 123 cm³/mol. The highest BCUT2D eigenvalue weighted by atomic mass is 35.5. The molecule has 1 saturated heterocycles. The van der Waals surface area contributed by atoms with Gasteiger partial charge in [0.2, 0.25) is 11.8 Å². The van der Waals surface area contributed by atoms with Gasteiger partial charge < -0.3 is 15.1 Å². The van der Waals surface area contributed by atoms with Gasteiger partial charge in [-0.05, 0) is 25.7 Å². The molecule has 1 aromatic heterocycles. The standard InChI is InChI=1S/C21H34ClN5O2S/c1-5-6-7-20(29)27-11-10-26(13-16(27)4)18-12-17(22)24-21(25-18)30-14-19(28)23-9-8-15(2)3/h12,15-16H,5-11,13-14H2,1-4H3,(H,23,28). The number of aromatic nitrogens is 2. The van der Waals surface area contributed by atoms with Crippen molar-refractivity contribution < 1.29 is 9.59 Å². The van der Waals surface area contributed by atoms with Crippen molar-refractivity contribution >= 4 is 41.0 Å². The Balaban J connectivity index is 1.92. The summed E-state index contributed by atoms with van der Waals surface area (Å²) in [5.74, 6) is 1.75. The average molecular weight is 456 g/mol. The largest absolute Gasteiger partial charge is 0.355 e. The third-order valence-corrected chi connectivity index (χ3v) is 6.09. The molecule has 0 radical (unpaired) electrons. The van der Waals surface area contributed by atoms with Crippen LogP contribution in [0.4, 0.5) is 5.82 Å². The van der Waals surface area contributed by atoms with Crippen molar-refractivity contribution in [2.45, 2.75) is 64.6 Å². The number of amides is 2. The van der Waals surface area contributed by atoms with Gasteiger partial charge in [-0.2, -0.15) is 0 Å². The first-order chi connectivity index (χ1) is 14.3. The Morgan fingerprint density at radius 2 is 2.10 bits per heavy atom. The summed E-state index contributed by atoms with van der Waals surface area (Å²) in [6.07, 6.45) is 3.52. The molecule has 168 valence electrons. The molecule has 2 amide bonds. The van der Waals surface area contributed by atoms with Gasteiger partial charge in [0.05, 0.1) is 5.75 Å². The summed E-state index contributed by atoms with van der Waals surface area (Å²) in [5.41, 5.74) is 0. The van der Waals surface area contributed by atoms with Crippen molar-refractivity contribution in [2.24, 2.45) is 5.92 Å². The van der Waals surface area contributed by atoms with E-state index in [1.807, 2.05) is 4.90 Å². The van der Waals surface area contributed by atoms with E-state index >= 15 is 0 Å². The molecule has 0 bridgehead atoms. The Morgan fingerprint density at radius 3 is 2.77 bits per heavy atom. The number of carbonyl (C=O) groups is 2. The molecule has 1 aliphatic heterocycles. The smallest absolute Gasteiger partial charge is 0.230 e. The van der Waals surface area contributed by atoms with Crippen LogP contribution in [-0.2, 0) is 9.59 Å². The first-order valence-electron chi connectivity index (χ1n) is 10.8. The molecule has 1 atom stereocenters. The summed E-state index contributed by atoms with van der Waals surface area (Å²) in [4.78, 5) is 37.4. The number of rotatable bonds is 10. The Labute approximate surface area is 189 Å². The Kier molecular flexibility index (Phi) is 10.2. The van der Waals surface area contributed by atoms with Crippen molar-refractivity contribution in [3.63, 3.8) is 0 Å². The molecular weight excluding hydrogens is 422 g/mol. The molecule has 30 heavy (non-hydrogen) atoms. The van der Waals surface area contributed by atoms with Crippen LogP contribution in [0.1, 0.15) is 53.4 Å². The summed E-state index contributed by atoms with van der Waals surface area (Å²) in [5, 5.41) is 3.77. The Morgan fingerprint density at radius 1 is 1.33 bits per heavy atom. The third-order valence-electron chi connectivity index (χ3n) is 5.05. The highest BCUT2D eigenvalue weighted by Gasteiger charge is 2.28. The van der Waals surface area contributed by atoms with E-state index in [1.165, 1.54) is 11.8 Å². The monoisotopic (exact) mass is 455 g/mol. The average Bonchev–Trinajstić information content (AvgIpc) is 2.69. The van der Waals surface area contributed by atoms with E-state index in [4.69, 9.17) is 11.6 Å². The van der Waals surface area contributed by atoms with Gasteiger partial charge in [0, 0.05) is 44.7 Å². The zero-order valence-electron chi connectivity index (χ0n) is 18.5. The van der Waals surface area contributed by atoms with Gasteiger partial charge >= 0.3 is 0 Å². The molecule has 9 heteroatoms. The van der Waals surface area contributed by atoms with E-state index in [1.54, 1.807) is 6.07 Å². The molecule has 0 saturated carbocycles. The SMILES string of the molecule is CCCCC(=O)N1CCN(c2cc(Cl)nc(SCC(=O)NCCC(C)C)n2)CC1C. The molecule has 2 heterocycles. The molecule has 1 aliphatic rings. The number of piperazine rings is 1. The number of nitrogens with one attached hydrogen (secondary N) is 1. The number of nitrogens with zero attached hydrogens (tertiary/aromatic N) is 4. The fraction of sp³-hybridized carbons (Fsp3) is 0.714. The topological polar surface area (TPSA) is 78.4 Å². The zero-order chi connectivity index (χ0) is 22.1. The van der Waals surface area contributed by atoms with E-state index < -0.39 is 0 Å². The molecule has 0 spiro atoms. The number of thioether (sulfide) groups is 1. The molecular formula is C21H34ClN5O2S. The van der Waals surface area contributed by atoms with Crippen molar-refractivity contribution in [1.29, 1.82) is 0 Å². The van der Waals surface area contributed by atoms with Gasteiger partial charge in [-0.25, -0.2) is 9.97 Å². The minimum Gasteiger partial charge on any atom is -0.355 e. The van der Waals surface area contributed by atoms with Crippen molar-refractivity contribution in [3.05, 3.63) is 11.2 Å². The second-order valence-electron chi connectivity index (χ2n) is 8.14. The van der Waals surface area contributed by atoms with E-state index in [0.717, 1.165) is 25.1 Å². The molecule has 1 N–H and O–H groups in total. The molecule has 1 aromatic rings. The molecule has 1 unspecified atom stereocenters. The summed E-state index contributed by atoms with van der Waals surface area (Å²) in [7, 11) is 0. The van der Waals surface area contributed by atoms with Crippen LogP contribution < -0.4 is 10.2 Å². The van der Waals surface area contributed by atoms with E-state index in [0.29, 0.717) is 48.8 Å². The number of carbonyl (C=O) groups excluding carboxylic acids is 2. The summed E-state index contributed by atoms with van der Waals surface area (Å²) in [6.45, 7) is 11.2. The lowest BCUT2D eigenvalue weighted by Crippen LogP contribution is -2.54. The molecule has 0 aliphatic carbocycles. The normalized spacial score (nSPS) is 16.8. The highest BCUT2D eigenvalue weighted by molar-refractivity contribution is 7.99. The van der Waals surface area contributed by atoms with Crippen LogP contribution in [0.5, 0.6) is 0 Å². The fourth-order valence-electron chi connectivity index (χ4n) is 3.30. The van der Waals surface area contributed by atoms with E-state index in [9.17, 15) is 9.59 Å². The first kappa shape index (κ1) is 24.7. The fourth-order valence-corrected chi connectivity index (χ4v) is 4.21. The maximum Gasteiger partial charge on any atom is 0.230 e. The molecule has 0 aromatic carbocycles. The number of halogens is 1. The van der Waals surface area contributed by atoms with E-state index in [-0.39, 0.29) is 23.6 Å². The van der Waals surface area contributed by atoms with Crippen LogP contribution in [0.25, 0.3) is 0 Å². The summed E-state index contributed by atoms with van der Waals surface area (Å²) >= 11 is 7.50. The minimum atomic E-state index is -0.0291. The van der Waals surface area contributed by atoms with Crippen molar-refractivity contribution in [1.82, 2.24) is 20.2 Å². The van der Waals surface area contributed by atoms with Crippen molar-refractivity contribution in [2.75, 3.05) is 36.8 Å². The second-order valence-corrected chi connectivity index (χ2v) is 9.47. The van der Waals surface area contributed by atoms with E-state index in [2.05, 4.69) is 47.9 Å². The Bertz CT molecular complexity index is 719. The van der Waals surface area contributed by atoms with Gasteiger partial charge in [0.25, 0.3) is 0 Å². The minimum absolute atomic E-state index is 0.0291. The predicted octanol–water partition coefficient (Wildman–Crippen LogP) is 3.61. The van der Waals surface area contributed by atoms with Crippen LogP contribution in [0.3, 0.4) is 0 Å². The third kappa shape index (κ3) is 7.95. The van der Waals surface area contributed by atoms with Crippen LogP contribution >= 0.6 is 23.4 Å². The highest BCUT2D eigenvalue weighted by Crippen LogP contribution is 2.24. The number of anilines is 1. The van der Waals surface area contributed by atoms with Gasteiger partial charge in [0.15, 0.2) is 5.16 Å². The molecule has 1 fully saturated rings. The lowest BCUT2D eigenvalue weighted by molar-refractivity contribution is -0.133. The van der Waals surface area contributed by atoms with Gasteiger partial charge in [-0.15, -0.1) is 0 Å². The number of hydrogen-bond donors (Lipinski definition) is 1. The Hall–Kier alpha value is -1.54. The van der Waals surface area contributed by atoms with Crippen LogP contribution in [0.15, 0.2) is 11.2 Å².